The number of carbonyl (C=O) groups is 1. The van der Waals surface area contributed by atoms with Gasteiger partial charge in [0.05, 0.1) is 6.10 Å². The maximum absolute atomic E-state index is 11.9. The zero-order chi connectivity index (χ0) is 15.4. The van der Waals surface area contributed by atoms with Crippen LogP contribution in [0.2, 0.25) is 0 Å². The highest BCUT2D eigenvalue weighted by atomic mass is 16.5. The molecule has 1 aromatic heterocycles. The third-order valence-corrected chi connectivity index (χ3v) is 3.60. The van der Waals surface area contributed by atoms with E-state index in [1.807, 2.05) is 31.2 Å². The van der Waals surface area contributed by atoms with Crippen molar-refractivity contribution in [1.82, 2.24) is 25.5 Å². The predicted octanol–water partition coefficient (Wildman–Crippen LogP) is 0.944. The van der Waals surface area contributed by atoms with E-state index in [0.717, 1.165) is 25.0 Å². The van der Waals surface area contributed by atoms with Gasteiger partial charge in [-0.2, -0.15) is 4.80 Å². The summed E-state index contributed by atoms with van der Waals surface area (Å²) in [6.45, 7) is 3.40. The first-order chi connectivity index (χ1) is 10.7. The standard InChI is InChI=1S/C15H19N5O2/c1-11-4-6-12(7-5-11)15-17-19-20(18-15)10-14(21)16-9-13-3-2-8-22-13/h4-7,13H,2-3,8-10H2,1H3,(H,16,21)/t13-/m1/s1. The number of aryl methyl sites for hydroxylation is 1. The first-order valence-electron chi connectivity index (χ1n) is 7.44. The van der Waals surface area contributed by atoms with Crippen molar-refractivity contribution < 1.29 is 9.53 Å². The Hall–Kier alpha value is -2.28. The summed E-state index contributed by atoms with van der Waals surface area (Å²) in [6, 6.07) is 7.86. The van der Waals surface area contributed by atoms with E-state index in [-0.39, 0.29) is 18.6 Å². The number of hydrogen-bond donors (Lipinski definition) is 1. The third-order valence-electron chi connectivity index (χ3n) is 3.60. The van der Waals surface area contributed by atoms with E-state index in [1.54, 1.807) is 0 Å². The van der Waals surface area contributed by atoms with Gasteiger partial charge < -0.3 is 10.1 Å². The lowest BCUT2D eigenvalue weighted by molar-refractivity contribution is -0.122. The average Bonchev–Trinajstić information content (AvgIpc) is 3.17. The van der Waals surface area contributed by atoms with E-state index in [1.165, 1.54) is 10.4 Å². The molecule has 3 rings (SSSR count). The van der Waals surface area contributed by atoms with E-state index in [0.29, 0.717) is 12.4 Å². The van der Waals surface area contributed by atoms with E-state index < -0.39 is 0 Å². The van der Waals surface area contributed by atoms with Gasteiger partial charge in [0, 0.05) is 18.7 Å². The second-order valence-electron chi connectivity index (χ2n) is 5.45. The van der Waals surface area contributed by atoms with Gasteiger partial charge in [-0.1, -0.05) is 29.8 Å². The summed E-state index contributed by atoms with van der Waals surface area (Å²) in [4.78, 5) is 13.2. The first kappa shape index (κ1) is 14.6. The molecule has 1 aliphatic heterocycles. The Bertz CT molecular complexity index is 632. The lowest BCUT2D eigenvalue weighted by Gasteiger charge is -2.10. The molecule has 2 aromatic rings. The smallest absolute Gasteiger partial charge is 0.243 e. The summed E-state index contributed by atoms with van der Waals surface area (Å²) in [5.74, 6) is 0.385. The van der Waals surface area contributed by atoms with Crippen LogP contribution in [-0.4, -0.2) is 45.4 Å². The Morgan fingerprint density at radius 1 is 1.41 bits per heavy atom. The predicted molar refractivity (Wildman–Crippen MR) is 80.0 cm³/mol. The van der Waals surface area contributed by atoms with Crippen molar-refractivity contribution >= 4 is 5.91 Å². The van der Waals surface area contributed by atoms with Crippen molar-refractivity contribution in [3.63, 3.8) is 0 Å². The monoisotopic (exact) mass is 301 g/mol. The Morgan fingerprint density at radius 3 is 2.95 bits per heavy atom. The van der Waals surface area contributed by atoms with Crippen molar-refractivity contribution in [2.75, 3.05) is 13.2 Å². The number of ether oxygens (including phenoxy) is 1. The van der Waals surface area contributed by atoms with Gasteiger partial charge in [0.25, 0.3) is 0 Å². The van der Waals surface area contributed by atoms with Crippen LogP contribution in [0.4, 0.5) is 0 Å². The summed E-state index contributed by atoms with van der Waals surface area (Å²) in [5.41, 5.74) is 2.06. The average molecular weight is 301 g/mol. The third kappa shape index (κ3) is 3.67. The van der Waals surface area contributed by atoms with Crippen LogP contribution in [0.3, 0.4) is 0 Å². The summed E-state index contributed by atoms with van der Waals surface area (Å²) in [5, 5.41) is 15.0. The molecule has 0 unspecified atom stereocenters. The van der Waals surface area contributed by atoms with E-state index >= 15 is 0 Å². The number of amides is 1. The lowest BCUT2D eigenvalue weighted by Crippen LogP contribution is -2.34. The van der Waals surface area contributed by atoms with Gasteiger partial charge in [0.1, 0.15) is 6.54 Å². The molecule has 7 heteroatoms. The highest BCUT2D eigenvalue weighted by Gasteiger charge is 2.16. The number of nitrogens with one attached hydrogen (secondary N) is 1. The van der Waals surface area contributed by atoms with Gasteiger partial charge >= 0.3 is 0 Å². The SMILES string of the molecule is Cc1ccc(-c2nnn(CC(=O)NC[C@H]3CCCO3)n2)cc1. The van der Waals surface area contributed by atoms with Crippen LogP contribution in [-0.2, 0) is 16.1 Å². The number of tetrazole rings is 1. The fourth-order valence-corrected chi connectivity index (χ4v) is 2.35. The molecule has 1 aliphatic rings. The fourth-order valence-electron chi connectivity index (χ4n) is 2.35. The Morgan fingerprint density at radius 2 is 2.23 bits per heavy atom. The molecule has 0 spiro atoms. The largest absolute Gasteiger partial charge is 0.376 e. The maximum atomic E-state index is 11.9. The maximum Gasteiger partial charge on any atom is 0.243 e. The quantitative estimate of drug-likeness (QED) is 0.889. The number of rotatable bonds is 5. The summed E-state index contributed by atoms with van der Waals surface area (Å²) < 4.78 is 5.46. The second-order valence-corrected chi connectivity index (χ2v) is 5.45. The molecule has 22 heavy (non-hydrogen) atoms. The summed E-state index contributed by atoms with van der Waals surface area (Å²) >= 11 is 0. The van der Waals surface area contributed by atoms with Crippen molar-refractivity contribution in [3.8, 4) is 11.4 Å². The van der Waals surface area contributed by atoms with E-state index in [9.17, 15) is 4.79 Å². The number of carbonyl (C=O) groups excluding carboxylic acids is 1. The fraction of sp³-hybridized carbons (Fsp3) is 0.467. The van der Waals surface area contributed by atoms with Crippen LogP contribution in [0.1, 0.15) is 18.4 Å². The van der Waals surface area contributed by atoms with Gasteiger partial charge in [-0.15, -0.1) is 10.2 Å². The number of aromatic nitrogens is 4. The highest BCUT2D eigenvalue weighted by molar-refractivity contribution is 5.75. The molecule has 1 amide bonds. The minimum atomic E-state index is -0.136. The summed E-state index contributed by atoms with van der Waals surface area (Å²) in [7, 11) is 0. The molecule has 7 nitrogen and oxygen atoms in total. The van der Waals surface area contributed by atoms with Crippen molar-refractivity contribution in [2.24, 2.45) is 0 Å². The van der Waals surface area contributed by atoms with Gasteiger partial charge in [0.2, 0.25) is 11.7 Å². The molecule has 0 radical (unpaired) electrons. The second kappa shape index (κ2) is 6.65. The normalized spacial score (nSPS) is 17.6. The zero-order valence-electron chi connectivity index (χ0n) is 12.5. The van der Waals surface area contributed by atoms with Crippen LogP contribution >= 0.6 is 0 Å². The molecule has 1 N–H and O–H groups in total. The minimum Gasteiger partial charge on any atom is -0.376 e. The number of benzene rings is 1. The summed E-state index contributed by atoms with van der Waals surface area (Å²) in [6.07, 6.45) is 2.20. The van der Waals surface area contributed by atoms with E-state index in [2.05, 4.69) is 20.7 Å². The molecular formula is C15H19N5O2. The van der Waals surface area contributed by atoms with E-state index in [4.69, 9.17) is 4.74 Å². The number of nitrogens with zero attached hydrogens (tertiary/aromatic N) is 4. The molecule has 1 saturated heterocycles. The Labute approximate surface area is 128 Å². The Kier molecular flexibility index (Phi) is 4.43. The van der Waals surface area contributed by atoms with Crippen LogP contribution < -0.4 is 5.32 Å². The van der Waals surface area contributed by atoms with Gasteiger partial charge in [-0.25, -0.2) is 0 Å². The van der Waals surface area contributed by atoms with Crippen LogP contribution in [0, 0.1) is 6.92 Å². The van der Waals surface area contributed by atoms with Crippen molar-refractivity contribution in [3.05, 3.63) is 29.8 Å². The van der Waals surface area contributed by atoms with Gasteiger partial charge in [-0.3, -0.25) is 4.79 Å². The van der Waals surface area contributed by atoms with Crippen LogP contribution in [0.15, 0.2) is 24.3 Å². The highest BCUT2D eigenvalue weighted by Crippen LogP contribution is 2.14. The molecule has 1 atom stereocenters. The molecule has 116 valence electrons. The molecular weight excluding hydrogens is 282 g/mol. The topological polar surface area (TPSA) is 81.9 Å². The van der Waals surface area contributed by atoms with Gasteiger partial charge in [0.15, 0.2) is 0 Å². The lowest BCUT2D eigenvalue weighted by atomic mass is 10.1. The molecule has 0 aliphatic carbocycles. The molecule has 2 heterocycles. The van der Waals surface area contributed by atoms with Crippen LogP contribution in [0.5, 0.6) is 0 Å². The minimum absolute atomic E-state index is 0.0611. The van der Waals surface area contributed by atoms with Crippen molar-refractivity contribution in [2.45, 2.75) is 32.4 Å². The molecule has 1 fully saturated rings. The number of hydrogen-bond acceptors (Lipinski definition) is 5. The molecule has 0 bridgehead atoms. The van der Waals surface area contributed by atoms with Crippen molar-refractivity contribution in [1.29, 1.82) is 0 Å². The zero-order valence-corrected chi connectivity index (χ0v) is 12.5. The Balaban J connectivity index is 1.54. The first-order valence-corrected chi connectivity index (χ1v) is 7.44. The van der Waals surface area contributed by atoms with Gasteiger partial charge in [-0.05, 0) is 25.0 Å². The molecule has 1 aromatic carbocycles. The van der Waals surface area contributed by atoms with Crippen LogP contribution in [0.25, 0.3) is 11.4 Å². The molecule has 0 saturated carbocycles.